The van der Waals surface area contributed by atoms with Crippen molar-refractivity contribution in [1.82, 2.24) is 4.90 Å². The first-order chi connectivity index (χ1) is 13.0. The molecule has 1 aliphatic heterocycles. The van der Waals surface area contributed by atoms with Gasteiger partial charge in [0.05, 0.1) is 23.2 Å². The molecule has 0 bridgehead atoms. The molecule has 1 fully saturated rings. The summed E-state index contributed by atoms with van der Waals surface area (Å²) in [6, 6.07) is 15.8. The first-order valence-electron chi connectivity index (χ1n) is 9.52. The number of aliphatic hydroxyl groups is 1. The second-order valence-corrected chi connectivity index (χ2v) is 9.06. The van der Waals surface area contributed by atoms with Crippen LogP contribution in [0.1, 0.15) is 24.8 Å². The molecule has 146 valence electrons. The van der Waals surface area contributed by atoms with Crippen molar-refractivity contribution in [3.05, 3.63) is 60.2 Å². The number of likely N-dealkylation sites (tertiary alicyclic amines) is 1. The molecule has 6 heteroatoms. The van der Waals surface area contributed by atoms with Crippen LogP contribution in [0.15, 0.2) is 59.5 Å². The van der Waals surface area contributed by atoms with Crippen LogP contribution in [-0.2, 0) is 10.0 Å². The smallest absolute Gasteiger partial charge is 0.264 e. The van der Waals surface area contributed by atoms with E-state index in [1.165, 1.54) is 10.7 Å². The Kier molecular flexibility index (Phi) is 6.52. The van der Waals surface area contributed by atoms with Gasteiger partial charge in [-0.15, -0.1) is 0 Å². The molecule has 0 aromatic heterocycles. The number of hydrogen-bond acceptors (Lipinski definition) is 4. The van der Waals surface area contributed by atoms with Gasteiger partial charge in [-0.05, 0) is 57.1 Å². The molecule has 2 aromatic carbocycles. The Balaban J connectivity index is 1.84. The summed E-state index contributed by atoms with van der Waals surface area (Å²) in [7, 11) is -3.75. The Morgan fingerprint density at radius 3 is 2.26 bits per heavy atom. The lowest BCUT2D eigenvalue weighted by Crippen LogP contribution is -2.44. The minimum absolute atomic E-state index is 0.0385. The number of nitrogens with zero attached hydrogens (tertiary/aromatic N) is 2. The molecule has 1 aliphatic rings. The number of rotatable bonds is 7. The average molecular weight is 389 g/mol. The number of aliphatic hydroxyl groups excluding tert-OH is 1. The number of β-amino-alcohol motifs (C(OH)–C–C–N with tert-alkyl or cyclic N) is 1. The molecule has 1 atom stereocenters. The van der Waals surface area contributed by atoms with Crippen molar-refractivity contribution >= 4 is 15.7 Å². The summed E-state index contributed by atoms with van der Waals surface area (Å²) in [5.74, 6) is 0. The summed E-state index contributed by atoms with van der Waals surface area (Å²) in [5.41, 5.74) is 1.63. The van der Waals surface area contributed by atoms with E-state index in [1.54, 1.807) is 42.5 Å². The van der Waals surface area contributed by atoms with Gasteiger partial charge < -0.3 is 10.0 Å². The maximum atomic E-state index is 13.2. The lowest BCUT2D eigenvalue weighted by Gasteiger charge is -2.31. The lowest BCUT2D eigenvalue weighted by molar-refractivity contribution is 0.107. The zero-order valence-electron chi connectivity index (χ0n) is 15.8. The van der Waals surface area contributed by atoms with E-state index in [4.69, 9.17) is 0 Å². The molecule has 0 amide bonds. The summed E-state index contributed by atoms with van der Waals surface area (Å²) in [6.07, 6.45) is 2.75. The third-order valence-electron chi connectivity index (χ3n) is 4.95. The van der Waals surface area contributed by atoms with Crippen molar-refractivity contribution in [2.75, 3.05) is 30.5 Å². The van der Waals surface area contributed by atoms with Crippen LogP contribution >= 0.6 is 0 Å². The molecule has 1 unspecified atom stereocenters. The molecule has 1 N–H and O–H groups in total. The highest BCUT2D eigenvalue weighted by molar-refractivity contribution is 7.92. The average Bonchev–Trinajstić information content (AvgIpc) is 2.68. The fourth-order valence-electron chi connectivity index (χ4n) is 3.46. The summed E-state index contributed by atoms with van der Waals surface area (Å²) in [5, 5.41) is 10.7. The number of anilines is 1. The van der Waals surface area contributed by atoms with Gasteiger partial charge in [-0.2, -0.15) is 0 Å². The Bertz CT molecular complexity index is 816. The lowest BCUT2D eigenvalue weighted by atomic mass is 10.1. The van der Waals surface area contributed by atoms with Gasteiger partial charge in [0, 0.05) is 6.54 Å². The standard InChI is InChI=1S/C21H28N2O3S/c1-18-10-12-19(13-11-18)23(27(25,26)21-8-4-2-5-9-21)17-20(24)16-22-14-6-3-7-15-22/h2,4-5,8-13,20,24H,3,6-7,14-17H2,1H3. The van der Waals surface area contributed by atoms with E-state index in [1.807, 2.05) is 19.1 Å². The maximum absolute atomic E-state index is 13.2. The molecular weight excluding hydrogens is 360 g/mol. The van der Waals surface area contributed by atoms with Crippen LogP contribution in [0.5, 0.6) is 0 Å². The number of aryl methyl sites for hydroxylation is 1. The second-order valence-electron chi connectivity index (χ2n) is 7.20. The summed E-state index contributed by atoms with van der Waals surface area (Å²) < 4.78 is 27.8. The number of hydrogen-bond donors (Lipinski definition) is 1. The third-order valence-corrected chi connectivity index (χ3v) is 6.76. The Morgan fingerprint density at radius 2 is 1.63 bits per heavy atom. The van der Waals surface area contributed by atoms with Gasteiger partial charge in [-0.3, -0.25) is 4.31 Å². The number of benzene rings is 2. The molecule has 1 heterocycles. The van der Waals surface area contributed by atoms with Gasteiger partial charge in [0.2, 0.25) is 0 Å². The predicted octanol–water partition coefficient (Wildman–Crippen LogP) is 3.04. The van der Waals surface area contributed by atoms with Gasteiger partial charge in [0.1, 0.15) is 0 Å². The van der Waals surface area contributed by atoms with Crippen LogP contribution in [0.25, 0.3) is 0 Å². The Hall–Kier alpha value is -1.89. The highest BCUT2D eigenvalue weighted by Crippen LogP contribution is 2.24. The Labute approximate surface area is 162 Å². The van der Waals surface area contributed by atoms with Gasteiger partial charge in [0.25, 0.3) is 10.0 Å². The van der Waals surface area contributed by atoms with Crippen molar-refractivity contribution < 1.29 is 13.5 Å². The summed E-state index contributed by atoms with van der Waals surface area (Å²) in [4.78, 5) is 2.45. The molecular formula is C21H28N2O3S. The van der Waals surface area contributed by atoms with E-state index < -0.39 is 16.1 Å². The van der Waals surface area contributed by atoms with Crippen LogP contribution in [0.4, 0.5) is 5.69 Å². The monoisotopic (exact) mass is 388 g/mol. The van der Waals surface area contributed by atoms with Crippen molar-refractivity contribution in [2.45, 2.75) is 37.2 Å². The normalized spacial score (nSPS) is 16.8. The molecule has 27 heavy (non-hydrogen) atoms. The summed E-state index contributed by atoms with van der Waals surface area (Å²) in [6.45, 7) is 4.43. The van der Waals surface area contributed by atoms with Crippen molar-refractivity contribution in [1.29, 1.82) is 0 Å². The number of sulfonamides is 1. The van der Waals surface area contributed by atoms with E-state index in [0.717, 1.165) is 31.5 Å². The molecule has 2 aromatic rings. The van der Waals surface area contributed by atoms with Crippen LogP contribution in [0.3, 0.4) is 0 Å². The third kappa shape index (κ3) is 5.09. The van der Waals surface area contributed by atoms with Crippen LogP contribution in [-0.4, -0.2) is 50.7 Å². The largest absolute Gasteiger partial charge is 0.390 e. The zero-order valence-corrected chi connectivity index (χ0v) is 16.6. The van der Waals surface area contributed by atoms with Crippen molar-refractivity contribution in [3.63, 3.8) is 0 Å². The van der Waals surface area contributed by atoms with E-state index in [0.29, 0.717) is 12.2 Å². The minimum Gasteiger partial charge on any atom is -0.390 e. The minimum atomic E-state index is -3.75. The molecule has 0 aliphatic carbocycles. The summed E-state index contributed by atoms with van der Waals surface area (Å²) >= 11 is 0. The molecule has 1 saturated heterocycles. The van der Waals surface area contributed by atoms with Crippen molar-refractivity contribution in [3.8, 4) is 0 Å². The molecule has 5 nitrogen and oxygen atoms in total. The van der Waals surface area contributed by atoms with Gasteiger partial charge in [-0.1, -0.05) is 42.3 Å². The molecule has 0 saturated carbocycles. The van der Waals surface area contributed by atoms with Gasteiger partial charge >= 0.3 is 0 Å². The maximum Gasteiger partial charge on any atom is 0.264 e. The topological polar surface area (TPSA) is 60.9 Å². The van der Waals surface area contributed by atoms with Crippen LogP contribution in [0.2, 0.25) is 0 Å². The molecule has 0 spiro atoms. The van der Waals surface area contributed by atoms with E-state index in [2.05, 4.69) is 4.90 Å². The van der Waals surface area contributed by atoms with Crippen molar-refractivity contribution in [2.24, 2.45) is 0 Å². The predicted molar refractivity (Wildman–Crippen MR) is 108 cm³/mol. The second kappa shape index (κ2) is 8.87. The SMILES string of the molecule is Cc1ccc(N(CC(O)CN2CCCCC2)S(=O)(=O)c2ccccc2)cc1. The van der Waals surface area contributed by atoms with E-state index in [-0.39, 0.29) is 11.4 Å². The molecule has 3 rings (SSSR count). The zero-order chi connectivity index (χ0) is 19.3. The number of piperidine rings is 1. The highest BCUT2D eigenvalue weighted by atomic mass is 32.2. The first kappa shape index (κ1) is 19.9. The first-order valence-corrected chi connectivity index (χ1v) is 11.0. The van der Waals surface area contributed by atoms with Crippen LogP contribution in [0, 0.1) is 6.92 Å². The fraction of sp³-hybridized carbons (Fsp3) is 0.429. The Morgan fingerprint density at radius 1 is 1.00 bits per heavy atom. The fourth-order valence-corrected chi connectivity index (χ4v) is 4.99. The molecule has 0 radical (unpaired) electrons. The van der Waals surface area contributed by atoms with E-state index >= 15 is 0 Å². The van der Waals surface area contributed by atoms with Crippen LogP contribution < -0.4 is 4.31 Å². The van der Waals surface area contributed by atoms with Gasteiger partial charge in [0.15, 0.2) is 0 Å². The van der Waals surface area contributed by atoms with E-state index in [9.17, 15) is 13.5 Å². The quantitative estimate of drug-likeness (QED) is 0.792. The highest BCUT2D eigenvalue weighted by Gasteiger charge is 2.28. The van der Waals surface area contributed by atoms with Gasteiger partial charge in [-0.25, -0.2) is 8.42 Å².